The first-order valence-electron chi connectivity index (χ1n) is 8.05. The molecule has 0 aliphatic carbocycles. The molecule has 2 aromatic heterocycles. The largest absolute Gasteiger partial charge is 0.253 e. The minimum Gasteiger partial charge on any atom is -0.253 e. The number of nitrogens with zero attached hydrogens (tertiary/aromatic N) is 6. The van der Waals surface area contributed by atoms with Crippen molar-refractivity contribution in [2.75, 3.05) is 0 Å². The molecule has 3 rings (SSSR count). The highest BCUT2D eigenvalue weighted by Gasteiger charge is 2.12. The number of rotatable bonds is 7. The standard InChI is InChI=1S/C17H22N6/c1-14(2)11-16-20-17(9-6-10-22-13-18-12-19-22)23(21-16)15-7-4-3-5-8-15/h3-5,7-8,12-14H,6,9-11H2,1-2H3. The number of hydrogen-bond donors (Lipinski definition) is 0. The fourth-order valence-corrected chi connectivity index (χ4v) is 2.53. The molecule has 0 fully saturated rings. The van der Waals surface area contributed by atoms with Crippen LogP contribution < -0.4 is 0 Å². The monoisotopic (exact) mass is 310 g/mol. The lowest BCUT2D eigenvalue weighted by atomic mass is 10.1. The van der Waals surface area contributed by atoms with E-state index in [1.165, 1.54) is 0 Å². The molecule has 0 aliphatic heterocycles. The number of para-hydroxylation sites is 1. The zero-order valence-electron chi connectivity index (χ0n) is 13.6. The SMILES string of the molecule is CC(C)Cc1nc(CCCn2cncn2)n(-c2ccccc2)n1. The van der Waals surface area contributed by atoms with Gasteiger partial charge < -0.3 is 0 Å². The molecule has 0 saturated carbocycles. The molecule has 2 heterocycles. The van der Waals surface area contributed by atoms with Gasteiger partial charge in [-0.1, -0.05) is 32.0 Å². The number of benzene rings is 1. The fourth-order valence-electron chi connectivity index (χ4n) is 2.53. The molecule has 3 aromatic rings. The quantitative estimate of drug-likeness (QED) is 0.673. The molecule has 0 unspecified atom stereocenters. The van der Waals surface area contributed by atoms with Gasteiger partial charge in [-0.3, -0.25) is 4.68 Å². The minimum absolute atomic E-state index is 0.546. The summed E-state index contributed by atoms with van der Waals surface area (Å²) in [6.07, 6.45) is 6.02. The molecular weight excluding hydrogens is 288 g/mol. The predicted octanol–water partition coefficient (Wildman–Crippen LogP) is 2.69. The fraction of sp³-hybridized carbons (Fsp3) is 0.412. The molecule has 0 bridgehead atoms. The lowest BCUT2D eigenvalue weighted by Crippen LogP contribution is -2.06. The lowest BCUT2D eigenvalue weighted by Gasteiger charge is -2.05. The summed E-state index contributed by atoms with van der Waals surface area (Å²) in [4.78, 5) is 8.72. The second-order valence-electron chi connectivity index (χ2n) is 6.05. The van der Waals surface area contributed by atoms with E-state index < -0.39 is 0 Å². The Bertz CT molecular complexity index is 715. The van der Waals surface area contributed by atoms with Crippen molar-refractivity contribution in [3.8, 4) is 5.69 Å². The van der Waals surface area contributed by atoms with Crippen LogP contribution in [0, 0.1) is 5.92 Å². The molecule has 0 saturated heterocycles. The summed E-state index contributed by atoms with van der Waals surface area (Å²) in [6.45, 7) is 5.21. The van der Waals surface area contributed by atoms with Crippen LogP contribution in [-0.4, -0.2) is 29.5 Å². The van der Waals surface area contributed by atoms with Gasteiger partial charge in [0.05, 0.1) is 5.69 Å². The average molecular weight is 310 g/mol. The van der Waals surface area contributed by atoms with Crippen LogP contribution in [0.25, 0.3) is 5.69 Å². The first kappa shape index (κ1) is 15.4. The molecule has 23 heavy (non-hydrogen) atoms. The van der Waals surface area contributed by atoms with Crippen molar-refractivity contribution in [2.45, 2.75) is 39.7 Å². The van der Waals surface area contributed by atoms with Crippen LogP contribution in [0.4, 0.5) is 0 Å². The van der Waals surface area contributed by atoms with Crippen LogP contribution >= 0.6 is 0 Å². The highest BCUT2D eigenvalue weighted by Crippen LogP contribution is 2.13. The van der Waals surface area contributed by atoms with Gasteiger partial charge in [-0.15, -0.1) is 0 Å². The molecule has 0 N–H and O–H groups in total. The third kappa shape index (κ3) is 4.03. The van der Waals surface area contributed by atoms with Crippen LogP contribution in [-0.2, 0) is 19.4 Å². The lowest BCUT2D eigenvalue weighted by molar-refractivity contribution is 0.565. The van der Waals surface area contributed by atoms with E-state index in [0.29, 0.717) is 5.92 Å². The minimum atomic E-state index is 0.546. The van der Waals surface area contributed by atoms with E-state index in [1.807, 2.05) is 27.6 Å². The molecule has 6 heteroatoms. The predicted molar refractivity (Wildman–Crippen MR) is 88.2 cm³/mol. The Morgan fingerprint density at radius 2 is 1.96 bits per heavy atom. The van der Waals surface area contributed by atoms with E-state index in [2.05, 4.69) is 36.1 Å². The molecule has 0 amide bonds. The van der Waals surface area contributed by atoms with Crippen molar-refractivity contribution in [1.29, 1.82) is 0 Å². The third-order valence-electron chi connectivity index (χ3n) is 3.56. The summed E-state index contributed by atoms with van der Waals surface area (Å²) in [7, 11) is 0. The van der Waals surface area contributed by atoms with Gasteiger partial charge in [0, 0.05) is 19.4 Å². The van der Waals surface area contributed by atoms with Gasteiger partial charge in [0.1, 0.15) is 18.5 Å². The van der Waals surface area contributed by atoms with E-state index in [-0.39, 0.29) is 0 Å². The van der Waals surface area contributed by atoms with Crippen LogP contribution in [0.15, 0.2) is 43.0 Å². The number of aromatic nitrogens is 6. The Morgan fingerprint density at radius 1 is 1.13 bits per heavy atom. The van der Waals surface area contributed by atoms with Gasteiger partial charge in [-0.2, -0.15) is 10.2 Å². The van der Waals surface area contributed by atoms with Crippen molar-refractivity contribution in [3.63, 3.8) is 0 Å². The van der Waals surface area contributed by atoms with Crippen molar-refractivity contribution in [2.24, 2.45) is 5.92 Å². The zero-order chi connectivity index (χ0) is 16.1. The maximum atomic E-state index is 4.75. The van der Waals surface area contributed by atoms with E-state index >= 15 is 0 Å². The van der Waals surface area contributed by atoms with Crippen molar-refractivity contribution < 1.29 is 0 Å². The highest BCUT2D eigenvalue weighted by molar-refractivity contribution is 5.31. The summed E-state index contributed by atoms with van der Waals surface area (Å²) >= 11 is 0. The molecule has 0 radical (unpaired) electrons. The molecule has 6 nitrogen and oxygen atoms in total. The first-order chi connectivity index (χ1) is 11.2. The van der Waals surface area contributed by atoms with Gasteiger partial charge in [0.2, 0.25) is 0 Å². The van der Waals surface area contributed by atoms with Crippen LogP contribution in [0.1, 0.15) is 31.9 Å². The summed E-state index contributed by atoms with van der Waals surface area (Å²) in [5.74, 6) is 2.47. The summed E-state index contributed by atoms with van der Waals surface area (Å²) in [6, 6.07) is 10.2. The van der Waals surface area contributed by atoms with E-state index in [0.717, 1.165) is 43.1 Å². The second kappa shape index (κ2) is 7.17. The van der Waals surface area contributed by atoms with Crippen molar-refractivity contribution in [1.82, 2.24) is 29.5 Å². The van der Waals surface area contributed by atoms with Gasteiger partial charge in [-0.05, 0) is 24.5 Å². The van der Waals surface area contributed by atoms with Crippen LogP contribution in [0.3, 0.4) is 0 Å². The summed E-state index contributed by atoms with van der Waals surface area (Å²) in [5.41, 5.74) is 1.06. The van der Waals surface area contributed by atoms with E-state index in [9.17, 15) is 0 Å². The Hall–Kier alpha value is -2.50. The Labute approximate surface area is 136 Å². The van der Waals surface area contributed by atoms with E-state index in [4.69, 9.17) is 10.1 Å². The normalized spacial score (nSPS) is 11.3. The topological polar surface area (TPSA) is 61.4 Å². The number of hydrogen-bond acceptors (Lipinski definition) is 4. The van der Waals surface area contributed by atoms with Gasteiger partial charge >= 0.3 is 0 Å². The van der Waals surface area contributed by atoms with Gasteiger partial charge in [-0.25, -0.2) is 14.6 Å². The molecule has 120 valence electrons. The smallest absolute Gasteiger partial charge is 0.151 e. The van der Waals surface area contributed by atoms with E-state index in [1.54, 1.807) is 12.7 Å². The Balaban J connectivity index is 1.77. The van der Waals surface area contributed by atoms with Crippen molar-refractivity contribution in [3.05, 3.63) is 54.6 Å². The molecular formula is C17H22N6. The maximum absolute atomic E-state index is 4.75. The highest BCUT2D eigenvalue weighted by atomic mass is 15.4. The van der Waals surface area contributed by atoms with Crippen LogP contribution in [0.5, 0.6) is 0 Å². The van der Waals surface area contributed by atoms with Crippen molar-refractivity contribution >= 4 is 0 Å². The molecule has 1 aromatic carbocycles. The summed E-state index contributed by atoms with van der Waals surface area (Å²) in [5, 5.41) is 8.84. The zero-order valence-corrected chi connectivity index (χ0v) is 13.6. The summed E-state index contributed by atoms with van der Waals surface area (Å²) < 4.78 is 3.82. The van der Waals surface area contributed by atoms with Crippen LogP contribution in [0.2, 0.25) is 0 Å². The second-order valence-corrected chi connectivity index (χ2v) is 6.05. The Morgan fingerprint density at radius 3 is 2.65 bits per heavy atom. The molecule has 0 atom stereocenters. The van der Waals surface area contributed by atoms with Gasteiger partial charge in [0.25, 0.3) is 0 Å². The maximum Gasteiger partial charge on any atom is 0.151 e. The molecule has 0 spiro atoms. The Kier molecular flexibility index (Phi) is 4.80. The number of aryl methyl sites for hydroxylation is 2. The average Bonchev–Trinajstić information content (AvgIpc) is 3.18. The third-order valence-corrected chi connectivity index (χ3v) is 3.56. The first-order valence-corrected chi connectivity index (χ1v) is 8.05. The molecule has 0 aliphatic rings. The van der Waals surface area contributed by atoms with Gasteiger partial charge in [0.15, 0.2) is 5.82 Å².